The first-order valence-electron chi connectivity index (χ1n) is 7.48. The molecular weight excluding hydrogens is 310 g/mol. The number of hydrogen-bond acceptors (Lipinski definition) is 6. The third kappa shape index (κ3) is 4.42. The number of hydrogen-bond donors (Lipinski definition) is 2. The molecule has 1 amide bonds. The second-order valence-corrected chi connectivity index (χ2v) is 6.14. The number of nitrogens with zero attached hydrogens (tertiary/aromatic N) is 1. The van der Waals surface area contributed by atoms with E-state index in [0.29, 0.717) is 23.0 Å². The van der Waals surface area contributed by atoms with Crippen molar-refractivity contribution in [3.63, 3.8) is 0 Å². The summed E-state index contributed by atoms with van der Waals surface area (Å²) in [4.78, 5) is 27.8. The second-order valence-electron chi connectivity index (χ2n) is 6.14. The van der Waals surface area contributed by atoms with Gasteiger partial charge in [-0.2, -0.15) is 0 Å². The van der Waals surface area contributed by atoms with Gasteiger partial charge in [-0.3, -0.25) is 10.4 Å². The minimum atomic E-state index is -0.567. The van der Waals surface area contributed by atoms with Crippen molar-refractivity contribution < 1.29 is 19.1 Å². The van der Waals surface area contributed by atoms with Crippen molar-refractivity contribution in [2.24, 2.45) is 0 Å². The van der Waals surface area contributed by atoms with Crippen LogP contribution in [0.3, 0.4) is 0 Å². The monoisotopic (exact) mass is 331 g/mol. The number of hydrazine groups is 1. The van der Waals surface area contributed by atoms with Gasteiger partial charge in [0, 0.05) is 18.1 Å². The molecule has 7 nitrogen and oxygen atoms in total. The molecule has 128 valence electrons. The molecular formula is C17H21N3O4. The Hall–Kier alpha value is -2.67. The summed E-state index contributed by atoms with van der Waals surface area (Å²) >= 11 is 0. The van der Waals surface area contributed by atoms with Gasteiger partial charge in [0.15, 0.2) is 0 Å². The number of ether oxygens (including phenoxy) is 2. The highest BCUT2D eigenvalue weighted by Gasteiger charge is 2.16. The lowest BCUT2D eigenvalue weighted by Crippen LogP contribution is -2.40. The number of rotatable bonds is 4. The summed E-state index contributed by atoms with van der Waals surface area (Å²) in [6.45, 7) is 5.69. The smallest absolute Gasteiger partial charge is 0.422 e. The van der Waals surface area contributed by atoms with Gasteiger partial charge in [-0.15, -0.1) is 0 Å². The van der Waals surface area contributed by atoms with E-state index in [9.17, 15) is 9.59 Å². The van der Waals surface area contributed by atoms with Crippen LogP contribution < -0.4 is 10.9 Å². The molecule has 2 aromatic rings. The van der Waals surface area contributed by atoms with E-state index in [0.717, 1.165) is 5.56 Å². The van der Waals surface area contributed by atoms with Gasteiger partial charge in [-0.1, -0.05) is 12.1 Å². The summed E-state index contributed by atoms with van der Waals surface area (Å²) in [6.07, 6.45) is 1.08. The van der Waals surface area contributed by atoms with Crippen molar-refractivity contribution in [2.75, 3.05) is 7.11 Å². The molecule has 0 spiro atoms. The standard InChI is InChI=1S/C17H21N3O4/c1-17(2,3)24-16(22)20-19-10-11-7-8-13(15(21)23-4)12-6-5-9-18-14(11)12/h5-9,19H,10H2,1-4H3,(H,20,22). The molecule has 0 saturated carbocycles. The SMILES string of the molecule is COC(=O)c1ccc(CNNC(=O)OC(C)(C)C)c2ncccc12. The van der Waals surface area contributed by atoms with Crippen LogP contribution in [0.15, 0.2) is 30.5 Å². The van der Waals surface area contributed by atoms with E-state index in [2.05, 4.69) is 15.8 Å². The zero-order valence-electron chi connectivity index (χ0n) is 14.2. The number of fused-ring (bicyclic) bond motifs is 1. The Morgan fingerprint density at radius 1 is 1.21 bits per heavy atom. The molecule has 1 aromatic carbocycles. The number of carbonyl (C=O) groups excluding carboxylic acids is 2. The van der Waals surface area contributed by atoms with Gasteiger partial charge in [0.2, 0.25) is 0 Å². The van der Waals surface area contributed by atoms with E-state index in [1.807, 2.05) is 0 Å². The molecule has 0 bridgehead atoms. The van der Waals surface area contributed by atoms with Crippen LogP contribution in [0.1, 0.15) is 36.7 Å². The Kier molecular flexibility index (Phi) is 5.35. The topological polar surface area (TPSA) is 89.6 Å². The maximum absolute atomic E-state index is 11.8. The van der Waals surface area contributed by atoms with Crippen molar-refractivity contribution in [3.05, 3.63) is 41.6 Å². The van der Waals surface area contributed by atoms with Crippen LogP contribution in [0.5, 0.6) is 0 Å². The third-order valence-corrected chi connectivity index (χ3v) is 3.13. The quantitative estimate of drug-likeness (QED) is 0.661. The van der Waals surface area contributed by atoms with E-state index < -0.39 is 17.7 Å². The molecule has 0 aliphatic carbocycles. The van der Waals surface area contributed by atoms with Gasteiger partial charge >= 0.3 is 12.1 Å². The summed E-state index contributed by atoms with van der Waals surface area (Å²) in [7, 11) is 1.34. The first-order valence-corrected chi connectivity index (χ1v) is 7.48. The first-order chi connectivity index (χ1) is 11.3. The summed E-state index contributed by atoms with van der Waals surface area (Å²) in [6, 6.07) is 7.01. The molecule has 1 aromatic heterocycles. The van der Waals surface area contributed by atoms with Crippen molar-refractivity contribution in [1.29, 1.82) is 0 Å². The molecule has 0 radical (unpaired) electrons. The summed E-state index contributed by atoms with van der Waals surface area (Å²) in [5.41, 5.74) is 6.64. The van der Waals surface area contributed by atoms with Gasteiger partial charge in [0.1, 0.15) is 5.60 Å². The Bertz CT molecular complexity index is 753. The Morgan fingerprint density at radius 2 is 1.96 bits per heavy atom. The maximum atomic E-state index is 11.8. The molecule has 0 atom stereocenters. The predicted molar refractivity (Wildman–Crippen MR) is 89.3 cm³/mol. The molecule has 0 saturated heterocycles. The highest BCUT2D eigenvalue weighted by molar-refractivity contribution is 6.04. The van der Waals surface area contributed by atoms with Crippen LogP contribution >= 0.6 is 0 Å². The van der Waals surface area contributed by atoms with E-state index in [1.165, 1.54) is 7.11 Å². The molecule has 0 aliphatic rings. The lowest BCUT2D eigenvalue weighted by molar-refractivity contribution is 0.0496. The third-order valence-electron chi connectivity index (χ3n) is 3.13. The number of aromatic nitrogens is 1. The van der Waals surface area contributed by atoms with Gasteiger partial charge in [-0.05, 0) is 38.5 Å². The molecule has 7 heteroatoms. The molecule has 0 aliphatic heterocycles. The number of esters is 1. The van der Waals surface area contributed by atoms with E-state index in [1.54, 1.807) is 51.2 Å². The fourth-order valence-electron chi connectivity index (χ4n) is 2.18. The second kappa shape index (κ2) is 7.27. The van der Waals surface area contributed by atoms with Crippen LogP contribution in [-0.2, 0) is 16.0 Å². The van der Waals surface area contributed by atoms with E-state index in [-0.39, 0.29) is 0 Å². The fraction of sp³-hybridized carbons (Fsp3) is 0.353. The van der Waals surface area contributed by atoms with Crippen molar-refractivity contribution in [3.8, 4) is 0 Å². The lowest BCUT2D eigenvalue weighted by Gasteiger charge is -2.20. The van der Waals surface area contributed by atoms with Gasteiger partial charge in [0.05, 0.1) is 18.2 Å². The molecule has 1 heterocycles. The molecule has 2 N–H and O–H groups in total. The van der Waals surface area contributed by atoms with Crippen LogP contribution in [0.25, 0.3) is 10.9 Å². The van der Waals surface area contributed by atoms with Crippen LogP contribution in [-0.4, -0.2) is 29.8 Å². The minimum absolute atomic E-state index is 0.328. The lowest BCUT2D eigenvalue weighted by atomic mass is 10.0. The summed E-state index contributed by atoms with van der Waals surface area (Å²) in [5, 5.41) is 0.695. The average Bonchev–Trinajstić information content (AvgIpc) is 2.52. The largest absolute Gasteiger partial charge is 0.465 e. The number of amides is 1. The Morgan fingerprint density at radius 3 is 2.62 bits per heavy atom. The number of pyridine rings is 1. The highest BCUT2D eigenvalue weighted by Crippen LogP contribution is 2.21. The van der Waals surface area contributed by atoms with Crippen molar-refractivity contribution in [2.45, 2.75) is 32.9 Å². The van der Waals surface area contributed by atoms with E-state index in [4.69, 9.17) is 9.47 Å². The van der Waals surface area contributed by atoms with Crippen LogP contribution in [0.4, 0.5) is 4.79 Å². The summed E-state index contributed by atoms with van der Waals surface area (Å²) in [5.74, 6) is -0.417. The van der Waals surface area contributed by atoms with Crippen LogP contribution in [0, 0.1) is 0 Å². The Labute approximate surface area is 140 Å². The van der Waals surface area contributed by atoms with Gasteiger partial charge < -0.3 is 9.47 Å². The zero-order valence-corrected chi connectivity index (χ0v) is 14.2. The number of benzene rings is 1. The highest BCUT2D eigenvalue weighted by atomic mass is 16.6. The predicted octanol–water partition coefficient (Wildman–Crippen LogP) is 2.55. The maximum Gasteiger partial charge on any atom is 0.422 e. The van der Waals surface area contributed by atoms with Crippen LogP contribution in [0.2, 0.25) is 0 Å². The number of methoxy groups -OCH3 is 1. The molecule has 0 unspecified atom stereocenters. The average molecular weight is 331 g/mol. The molecule has 2 rings (SSSR count). The number of carbonyl (C=O) groups is 2. The molecule has 24 heavy (non-hydrogen) atoms. The normalized spacial score (nSPS) is 11.2. The summed E-state index contributed by atoms with van der Waals surface area (Å²) < 4.78 is 9.93. The Balaban J connectivity index is 2.13. The first kappa shape index (κ1) is 17.7. The van der Waals surface area contributed by atoms with Crippen molar-refractivity contribution >= 4 is 23.0 Å². The fourth-order valence-corrected chi connectivity index (χ4v) is 2.18. The van der Waals surface area contributed by atoms with E-state index >= 15 is 0 Å². The zero-order chi connectivity index (χ0) is 17.7. The van der Waals surface area contributed by atoms with Gasteiger partial charge in [0.25, 0.3) is 0 Å². The minimum Gasteiger partial charge on any atom is -0.465 e. The van der Waals surface area contributed by atoms with Crippen molar-refractivity contribution in [1.82, 2.24) is 15.8 Å². The number of nitrogens with one attached hydrogen (secondary N) is 2. The molecule has 0 fully saturated rings. The van der Waals surface area contributed by atoms with Gasteiger partial charge in [-0.25, -0.2) is 15.0 Å².